The molecule has 2 heterocycles. The van der Waals surface area contributed by atoms with E-state index in [4.69, 9.17) is 5.11 Å². The summed E-state index contributed by atoms with van der Waals surface area (Å²) in [4.78, 5) is 30.3. The first-order chi connectivity index (χ1) is 13.7. The number of halogens is 3. The van der Waals surface area contributed by atoms with Crippen LogP contribution >= 0.6 is 0 Å². The smallest absolute Gasteiger partial charge is 0.417 e. The average molecular weight is 402 g/mol. The van der Waals surface area contributed by atoms with Crippen LogP contribution < -0.4 is 10.6 Å². The molecule has 0 amide bonds. The number of hydrogen-bond donors (Lipinski definition) is 2. The molecule has 1 atom stereocenters. The molecule has 0 aliphatic carbocycles. The lowest BCUT2D eigenvalue weighted by atomic mass is 9.98. The second-order valence-electron chi connectivity index (χ2n) is 6.46. The quantitative estimate of drug-likeness (QED) is 0.702. The van der Waals surface area contributed by atoms with Crippen molar-refractivity contribution < 1.29 is 23.1 Å². The Morgan fingerprint density at radius 3 is 2.66 bits per heavy atom. The Hall–Kier alpha value is -3.69. The molecule has 10 heteroatoms. The Morgan fingerprint density at radius 2 is 1.97 bits per heavy atom. The second-order valence-corrected chi connectivity index (χ2v) is 6.46. The Kier molecular flexibility index (Phi) is 4.33. The van der Waals surface area contributed by atoms with Crippen LogP contribution in [0.4, 0.5) is 19.1 Å². The zero-order valence-corrected chi connectivity index (χ0v) is 14.6. The number of aromatic nitrogens is 2. The number of anilines is 1. The van der Waals surface area contributed by atoms with Gasteiger partial charge in [-0.3, -0.25) is 14.6 Å². The first-order valence-corrected chi connectivity index (χ1v) is 8.49. The first kappa shape index (κ1) is 18.7. The Labute approximate surface area is 161 Å². The van der Waals surface area contributed by atoms with E-state index in [1.807, 2.05) is 0 Å². The van der Waals surface area contributed by atoms with Gasteiger partial charge < -0.3 is 5.11 Å². The maximum atomic E-state index is 13.3. The van der Waals surface area contributed by atoms with Gasteiger partial charge in [-0.15, -0.1) is 0 Å². The van der Waals surface area contributed by atoms with E-state index in [1.54, 1.807) is 0 Å². The number of hydrazone groups is 1. The Morgan fingerprint density at radius 1 is 1.21 bits per heavy atom. The van der Waals surface area contributed by atoms with Crippen LogP contribution in [0.1, 0.15) is 5.56 Å². The number of rotatable bonds is 3. The normalized spacial score (nSPS) is 16.5. The molecule has 0 bridgehead atoms. The molecule has 3 aromatic rings. The van der Waals surface area contributed by atoms with Crippen LogP contribution in [-0.2, 0) is 11.0 Å². The molecule has 1 unspecified atom stereocenters. The fraction of sp³-hybridized carbons (Fsp3) is 0.158. The number of nitrogens with zero attached hydrogens (tertiary/aromatic N) is 3. The van der Waals surface area contributed by atoms with Crippen molar-refractivity contribution in [3.8, 4) is 11.1 Å². The van der Waals surface area contributed by atoms with Gasteiger partial charge in [-0.25, -0.2) is 9.99 Å². The maximum absolute atomic E-state index is 13.3. The van der Waals surface area contributed by atoms with Gasteiger partial charge in [0.05, 0.1) is 23.0 Å². The van der Waals surface area contributed by atoms with E-state index in [1.165, 1.54) is 47.6 Å². The van der Waals surface area contributed by atoms with Crippen molar-refractivity contribution >= 4 is 29.0 Å². The van der Waals surface area contributed by atoms with Crippen molar-refractivity contribution in [1.29, 1.82) is 0 Å². The van der Waals surface area contributed by atoms with E-state index < -0.39 is 29.2 Å². The van der Waals surface area contributed by atoms with Gasteiger partial charge in [0.1, 0.15) is 5.92 Å². The number of fused-ring (bicyclic) bond motifs is 1. The lowest BCUT2D eigenvalue weighted by molar-refractivity contribution is -0.139. The zero-order valence-electron chi connectivity index (χ0n) is 14.6. The fourth-order valence-electron chi connectivity index (χ4n) is 3.12. The number of carbonyl (C=O) groups is 1. The summed E-state index contributed by atoms with van der Waals surface area (Å²) in [6, 6.07) is 9.37. The summed E-state index contributed by atoms with van der Waals surface area (Å²) in [5, 5.41) is 14.3. The van der Waals surface area contributed by atoms with Crippen LogP contribution in [0.3, 0.4) is 0 Å². The number of aliphatic carboxylic acids is 1. The predicted octanol–water partition coefficient (Wildman–Crippen LogP) is 3.12. The van der Waals surface area contributed by atoms with Crippen molar-refractivity contribution in [2.75, 3.05) is 11.6 Å². The molecule has 0 radical (unpaired) electrons. The van der Waals surface area contributed by atoms with Gasteiger partial charge in [-0.1, -0.05) is 24.3 Å². The van der Waals surface area contributed by atoms with Crippen LogP contribution in [0.25, 0.3) is 22.0 Å². The molecule has 0 fully saturated rings. The number of benzene rings is 2. The van der Waals surface area contributed by atoms with E-state index in [2.05, 4.69) is 15.1 Å². The summed E-state index contributed by atoms with van der Waals surface area (Å²) in [7, 11) is 0. The van der Waals surface area contributed by atoms with Crippen LogP contribution in [-0.4, -0.2) is 33.8 Å². The molecule has 0 spiro atoms. The highest BCUT2D eigenvalue weighted by Crippen LogP contribution is 2.37. The van der Waals surface area contributed by atoms with E-state index >= 15 is 0 Å². The second kappa shape index (κ2) is 6.73. The highest BCUT2D eigenvalue weighted by Gasteiger charge is 2.33. The van der Waals surface area contributed by atoms with Gasteiger partial charge in [-0.2, -0.15) is 18.3 Å². The van der Waals surface area contributed by atoms with E-state index in [0.29, 0.717) is 0 Å². The summed E-state index contributed by atoms with van der Waals surface area (Å²) in [5.41, 5.74) is -0.919. The summed E-state index contributed by atoms with van der Waals surface area (Å²) in [6.07, 6.45) is -3.29. The third kappa shape index (κ3) is 3.44. The highest BCUT2D eigenvalue weighted by molar-refractivity contribution is 5.91. The number of hydrogen-bond acceptors (Lipinski definition) is 5. The lowest BCUT2D eigenvalue weighted by Gasteiger charge is -2.15. The molecule has 2 N–H and O–H groups in total. The van der Waals surface area contributed by atoms with Crippen molar-refractivity contribution in [2.24, 2.45) is 11.0 Å². The van der Waals surface area contributed by atoms with Crippen LogP contribution in [0.5, 0.6) is 0 Å². The van der Waals surface area contributed by atoms with Gasteiger partial charge in [0.2, 0.25) is 5.95 Å². The monoisotopic (exact) mass is 402 g/mol. The molecule has 1 aliphatic heterocycles. The van der Waals surface area contributed by atoms with Gasteiger partial charge in [0, 0.05) is 6.21 Å². The molecular weight excluding hydrogens is 389 g/mol. The van der Waals surface area contributed by atoms with Crippen molar-refractivity contribution in [2.45, 2.75) is 6.18 Å². The van der Waals surface area contributed by atoms with Crippen molar-refractivity contribution in [3.63, 3.8) is 0 Å². The van der Waals surface area contributed by atoms with Crippen LogP contribution in [0, 0.1) is 5.92 Å². The molecule has 1 aromatic heterocycles. The molecule has 1 aliphatic rings. The minimum absolute atomic E-state index is 0.0147. The topological polar surface area (TPSA) is 98.6 Å². The molecule has 2 aromatic carbocycles. The largest absolute Gasteiger partial charge is 0.481 e. The summed E-state index contributed by atoms with van der Waals surface area (Å²) in [6.45, 7) is 0.0147. The zero-order chi connectivity index (χ0) is 20.8. The van der Waals surface area contributed by atoms with Gasteiger partial charge >= 0.3 is 12.1 Å². The molecule has 4 rings (SSSR count). The van der Waals surface area contributed by atoms with E-state index in [9.17, 15) is 22.8 Å². The predicted molar refractivity (Wildman–Crippen MR) is 99.8 cm³/mol. The Balaban J connectivity index is 1.76. The number of H-pyrrole nitrogens is 1. The SMILES string of the molecule is O=C(O)C1C=NN(c2nc3ccc(-c4ccccc4C(F)(F)F)cc3c(=O)[nH]2)C1. The molecule has 0 saturated carbocycles. The molecular formula is C19H13F3N4O3. The molecule has 148 valence electrons. The van der Waals surface area contributed by atoms with Gasteiger partial charge in [0.25, 0.3) is 5.56 Å². The van der Waals surface area contributed by atoms with E-state index in [0.717, 1.165) is 6.07 Å². The maximum Gasteiger partial charge on any atom is 0.417 e. The summed E-state index contributed by atoms with van der Waals surface area (Å²) in [5.74, 6) is -1.81. The average Bonchev–Trinajstić information content (AvgIpc) is 3.18. The number of alkyl halides is 3. The highest BCUT2D eigenvalue weighted by atomic mass is 19.4. The minimum Gasteiger partial charge on any atom is -0.481 e. The summed E-state index contributed by atoms with van der Waals surface area (Å²) >= 11 is 0. The molecule has 29 heavy (non-hydrogen) atoms. The number of carboxylic acids is 1. The summed E-state index contributed by atoms with van der Waals surface area (Å²) < 4.78 is 39.9. The fourth-order valence-corrected chi connectivity index (χ4v) is 3.12. The van der Waals surface area contributed by atoms with Crippen molar-refractivity contribution in [3.05, 3.63) is 58.4 Å². The first-order valence-electron chi connectivity index (χ1n) is 8.49. The minimum atomic E-state index is -4.53. The standard InChI is InChI=1S/C19H13F3N4O3/c20-19(21,22)14-4-2-1-3-12(14)10-5-6-15-13(7-10)16(27)25-18(24-15)26-9-11(8-23-26)17(28)29/h1-8,11H,9H2,(H,28,29)(H,24,25,27). The number of nitrogens with one attached hydrogen (secondary N) is 1. The van der Waals surface area contributed by atoms with Gasteiger partial charge in [0.15, 0.2) is 0 Å². The lowest BCUT2D eigenvalue weighted by Crippen LogP contribution is -2.26. The van der Waals surface area contributed by atoms with Crippen molar-refractivity contribution in [1.82, 2.24) is 9.97 Å². The molecule has 0 saturated heterocycles. The number of aromatic amines is 1. The van der Waals surface area contributed by atoms with Crippen LogP contribution in [0.2, 0.25) is 0 Å². The van der Waals surface area contributed by atoms with E-state index in [-0.39, 0.29) is 34.5 Å². The third-order valence-electron chi connectivity index (χ3n) is 4.55. The number of carboxylic acid groups (broad SMARTS) is 1. The van der Waals surface area contributed by atoms with Gasteiger partial charge in [-0.05, 0) is 29.3 Å². The Bertz CT molecular complexity index is 1200. The molecule has 7 nitrogen and oxygen atoms in total. The third-order valence-corrected chi connectivity index (χ3v) is 4.55. The van der Waals surface area contributed by atoms with Crippen LogP contribution in [0.15, 0.2) is 52.4 Å².